The van der Waals surface area contributed by atoms with Gasteiger partial charge in [0.1, 0.15) is 0 Å². The number of para-hydroxylation sites is 1. The lowest BCUT2D eigenvalue weighted by Crippen LogP contribution is -2.37. The van der Waals surface area contributed by atoms with E-state index in [-0.39, 0.29) is 11.9 Å². The van der Waals surface area contributed by atoms with Crippen LogP contribution in [0.4, 0.5) is 11.4 Å². The molecule has 0 saturated heterocycles. The number of fused-ring (bicyclic) bond motifs is 1. The number of carbonyl (C=O) groups excluding carboxylic acids is 1. The number of carbonyl (C=O) groups is 1. The number of halogens is 2. The van der Waals surface area contributed by atoms with E-state index in [1.165, 1.54) is 11.3 Å². The van der Waals surface area contributed by atoms with Crippen molar-refractivity contribution >= 4 is 40.5 Å². The van der Waals surface area contributed by atoms with E-state index in [0.717, 1.165) is 24.2 Å². The molecule has 3 aromatic rings. The Bertz CT molecular complexity index is 1080. The highest BCUT2D eigenvalue weighted by Crippen LogP contribution is 2.35. The molecule has 160 valence electrons. The summed E-state index contributed by atoms with van der Waals surface area (Å²) in [5.41, 5.74) is 5.23. The van der Waals surface area contributed by atoms with E-state index in [0.29, 0.717) is 22.2 Å². The molecule has 1 heterocycles. The summed E-state index contributed by atoms with van der Waals surface area (Å²) in [6, 6.07) is 21.9. The third kappa shape index (κ3) is 4.65. The molecule has 0 aliphatic carbocycles. The monoisotopic (exact) mass is 453 g/mol. The zero-order valence-corrected chi connectivity index (χ0v) is 19.1. The molecule has 1 aliphatic heterocycles. The van der Waals surface area contributed by atoms with E-state index in [4.69, 9.17) is 23.2 Å². The Morgan fingerprint density at radius 3 is 2.55 bits per heavy atom. The first kappa shape index (κ1) is 21.5. The average molecular weight is 454 g/mol. The standard InChI is InChI=1S/C25H25Cl2N3O/c1-29(2)20-10-7-18(8-11-20)24(30-14-13-17-5-3-4-6-23(17)30)16-28-25(31)21-15-19(26)9-12-22(21)27/h3-12,15,24H,13-14,16H2,1-2H3,(H,28,31). The van der Waals surface area contributed by atoms with Crippen LogP contribution < -0.4 is 15.1 Å². The second-order valence-corrected chi connectivity index (χ2v) is 8.75. The van der Waals surface area contributed by atoms with Crippen LogP contribution >= 0.6 is 23.2 Å². The van der Waals surface area contributed by atoms with Gasteiger partial charge in [-0.2, -0.15) is 0 Å². The van der Waals surface area contributed by atoms with E-state index in [1.54, 1.807) is 18.2 Å². The Hall–Kier alpha value is -2.69. The molecule has 1 amide bonds. The summed E-state index contributed by atoms with van der Waals surface area (Å²) in [5, 5.41) is 3.95. The SMILES string of the molecule is CN(C)c1ccc(C(CNC(=O)c2cc(Cl)ccc2Cl)N2CCc3ccccc32)cc1. The molecule has 1 N–H and O–H groups in total. The van der Waals surface area contributed by atoms with Crippen LogP contribution in [0.2, 0.25) is 10.0 Å². The van der Waals surface area contributed by atoms with Crippen molar-refractivity contribution in [2.24, 2.45) is 0 Å². The molecule has 1 aliphatic rings. The Labute approximate surface area is 193 Å². The fourth-order valence-corrected chi connectivity index (χ4v) is 4.42. The van der Waals surface area contributed by atoms with Crippen LogP contribution in [-0.4, -0.2) is 33.1 Å². The molecule has 3 aromatic carbocycles. The third-order valence-electron chi connectivity index (χ3n) is 5.72. The fraction of sp³-hybridized carbons (Fsp3) is 0.240. The summed E-state index contributed by atoms with van der Waals surface area (Å²) in [4.78, 5) is 17.3. The lowest BCUT2D eigenvalue weighted by atomic mass is 10.0. The molecule has 1 atom stereocenters. The van der Waals surface area contributed by atoms with E-state index in [1.807, 2.05) is 14.1 Å². The molecule has 4 nitrogen and oxygen atoms in total. The van der Waals surface area contributed by atoms with Gasteiger partial charge in [-0.1, -0.05) is 53.5 Å². The normalized spacial score (nSPS) is 13.6. The molecule has 0 saturated carbocycles. The molecule has 4 rings (SSSR count). The molecule has 0 fully saturated rings. The average Bonchev–Trinajstić information content (AvgIpc) is 3.20. The van der Waals surface area contributed by atoms with Crippen molar-refractivity contribution < 1.29 is 4.79 Å². The van der Waals surface area contributed by atoms with Crippen molar-refractivity contribution in [2.75, 3.05) is 37.0 Å². The van der Waals surface area contributed by atoms with Gasteiger partial charge >= 0.3 is 0 Å². The second-order valence-electron chi connectivity index (χ2n) is 7.91. The minimum absolute atomic E-state index is 0.00164. The molecule has 6 heteroatoms. The van der Waals surface area contributed by atoms with Crippen molar-refractivity contribution in [1.82, 2.24) is 5.32 Å². The number of hydrogen-bond donors (Lipinski definition) is 1. The zero-order valence-electron chi connectivity index (χ0n) is 17.6. The third-order valence-corrected chi connectivity index (χ3v) is 6.29. The van der Waals surface area contributed by atoms with Crippen molar-refractivity contribution in [3.05, 3.63) is 93.5 Å². The summed E-state index contributed by atoms with van der Waals surface area (Å²) in [7, 11) is 4.05. The van der Waals surface area contributed by atoms with Gasteiger partial charge in [0.15, 0.2) is 0 Å². The lowest BCUT2D eigenvalue weighted by Gasteiger charge is -2.31. The topological polar surface area (TPSA) is 35.6 Å². The maximum atomic E-state index is 12.9. The van der Waals surface area contributed by atoms with Crippen molar-refractivity contribution in [3.8, 4) is 0 Å². The number of hydrogen-bond acceptors (Lipinski definition) is 3. The van der Waals surface area contributed by atoms with Gasteiger partial charge in [0.2, 0.25) is 0 Å². The molecular formula is C25H25Cl2N3O. The Balaban J connectivity index is 1.61. The Morgan fingerprint density at radius 1 is 1.06 bits per heavy atom. The minimum Gasteiger partial charge on any atom is -0.378 e. The predicted molar refractivity (Wildman–Crippen MR) is 130 cm³/mol. The zero-order chi connectivity index (χ0) is 22.0. The molecular weight excluding hydrogens is 429 g/mol. The van der Waals surface area contributed by atoms with Crippen LogP contribution in [0.15, 0.2) is 66.7 Å². The van der Waals surface area contributed by atoms with Gasteiger partial charge in [-0.3, -0.25) is 4.79 Å². The van der Waals surface area contributed by atoms with Gasteiger partial charge in [-0.15, -0.1) is 0 Å². The first-order valence-corrected chi connectivity index (χ1v) is 11.0. The summed E-state index contributed by atoms with van der Waals surface area (Å²) in [6.45, 7) is 1.37. The van der Waals surface area contributed by atoms with Gasteiger partial charge in [0.25, 0.3) is 5.91 Å². The van der Waals surface area contributed by atoms with E-state index in [2.05, 4.69) is 63.6 Å². The number of anilines is 2. The van der Waals surface area contributed by atoms with Crippen LogP contribution in [0, 0.1) is 0 Å². The smallest absolute Gasteiger partial charge is 0.252 e. The number of benzene rings is 3. The molecule has 0 radical (unpaired) electrons. The number of nitrogens with zero attached hydrogens (tertiary/aromatic N) is 2. The van der Waals surface area contributed by atoms with Gasteiger partial charge < -0.3 is 15.1 Å². The summed E-state index contributed by atoms with van der Waals surface area (Å²) < 4.78 is 0. The quantitative estimate of drug-likeness (QED) is 0.527. The van der Waals surface area contributed by atoms with Crippen LogP contribution in [0.25, 0.3) is 0 Å². The molecule has 0 spiro atoms. The maximum absolute atomic E-state index is 12.9. The van der Waals surface area contributed by atoms with Gasteiger partial charge in [-0.05, 0) is 53.9 Å². The highest BCUT2D eigenvalue weighted by atomic mass is 35.5. The first-order valence-electron chi connectivity index (χ1n) is 10.3. The van der Waals surface area contributed by atoms with Gasteiger partial charge in [-0.25, -0.2) is 0 Å². The van der Waals surface area contributed by atoms with Crippen molar-refractivity contribution in [1.29, 1.82) is 0 Å². The van der Waals surface area contributed by atoms with Crippen molar-refractivity contribution in [2.45, 2.75) is 12.5 Å². The summed E-state index contributed by atoms with van der Waals surface area (Å²) in [6.07, 6.45) is 0.997. The Morgan fingerprint density at radius 2 is 1.81 bits per heavy atom. The predicted octanol–water partition coefficient (Wildman–Crippen LogP) is 5.59. The van der Waals surface area contributed by atoms with Crippen LogP contribution in [0.1, 0.15) is 27.5 Å². The summed E-state index contributed by atoms with van der Waals surface area (Å²) in [5.74, 6) is -0.227. The highest BCUT2D eigenvalue weighted by Gasteiger charge is 2.27. The van der Waals surface area contributed by atoms with Gasteiger partial charge in [0, 0.05) is 43.6 Å². The fourth-order valence-electron chi connectivity index (χ4n) is 4.05. The van der Waals surface area contributed by atoms with Crippen LogP contribution in [0.3, 0.4) is 0 Å². The summed E-state index contributed by atoms with van der Waals surface area (Å²) >= 11 is 12.3. The van der Waals surface area contributed by atoms with Gasteiger partial charge in [0.05, 0.1) is 16.6 Å². The Kier molecular flexibility index (Phi) is 6.40. The van der Waals surface area contributed by atoms with E-state index >= 15 is 0 Å². The largest absolute Gasteiger partial charge is 0.378 e. The minimum atomic E-state index is -0.227. The number of rotatable bonds is 6. The van der Waals surface area contributed by atoms with E-state index in [9.17, 15) is 4.79 Å². The van der Waals surface area contributed by atoms with Crippen LogP contribution in [0.5, 0.6) is 0 Å². The maximum Gasteiger partial charge on any atom is 0.252 e. The van der Waals surface area contributed by atoms with Crippen molar-refractivity contribution in [3.63, 3.8) is 0 Å². The molecule has 1 unspecified atom stereocenters. The van der Waals surface area contributed by atoms with E-state index < -0.39 is 0 Å². The number of nitrogens with one attached hydrogen (secondary N) is 1. The second kappa shape index (κ2) is 9.21. The van der Waals surface area contributed by atoms with Crippen LogP contribution in [-0.2, 0) is 6.42 Å². The first-order chi connectivity index (χ1) is 14.9. The molecule has 0 aromatic heterocycles. The number of amides is 1. The highest BCUT2D eigenvalue weighted by molar-refractivity contribution is 6.35. The molecule has 31 heavy (non-hydrogen) atoms. The molecule has 0 bridgehead atoms. The lowest BCUT2D eigenvalue weighted by molar-refractivity contribution is 0.0951.